The molecule has 1 fully saturated rings. The third-order valence-electron chi connectivity index (χ3n) is 4.44. The number of rotatable bonds is 6. The number of aromatic nitrogens is 2. The van der Waals surface area contributed by atoms with Gasteiger partial charge in [-0.1, -0.05) is 24.3 Å². The lowest BCUT2D eigenvalue weighted by atomic mass is 10.2. The fourth-order valence-corrected chi connectivity index (χ4v) is 3.58. The van der Waals surface area contributed by atoms with E-state index in [0.29, 0.717) is 18.2 Å². The van der Waals surface area contributed by atoms with Gasteiger partial charge in [0.25, 0.3) is 5.91 Å². The van der Waals surface area contributed by atoms with Crippen LogP contribution >= 0.6 is 23.7 Å². The number of hydrogen-bond acceptors (Lipinski definition) is 4. The number of amides is 1. The Morgan fingerprint density at radius 2 is 2.04 bits per heavy atom. The van der Waals surface area contributed by atoms with Crippen LogP contribution in [0.3, 0.4) is 0 Å². The highest BCUT2D eigenvalue weighted by atomic mass is 35.5. The van der Waals surface area contributed by atoms with Gasteiger partial charge in [0.05, 0.1) is 16.3 Å². The molecule has 1 unspecified atom stereocenters. The molecule has 1 aromatic carbocycles. The summed E-state index contributed by atoms with van der Waals surface area (Å²) in [6, 6.07) is 15.8. The summed E-state index contributed by atoms with van der Waals surface area (Å²) >= 11 is 1.63. The molecule has 136 valence electrons. The molecule has 2 heterocycles. The van der Waals surface area contributed by atoms with E-state index in [-0.39, 0.29) is 24.4 Å². The van der Waals surface area contributed by atoms with E-state index in [9.17, 15) is 4.79 Å². The highest BCUT2D eigenvalue weighted by molar-refractivity contribution is 7.13. The lowest BCUT2D eigenvalue weighted by Gasteiger charge is -2.10. The standard InChI is InChI=1S/C19H20N4OS.ClH/c20-15(13-8-9-13)12-21-19(24)16-11-17(18-7-4-10-25-18)23(22-16)14-5-2-1-3-6-14;/h1-7,10-11,13,15H,8-9,12,20H2,(H,21,24);1H. The molecule has 3 aromatic rings. The molecule has 0 saturated heterocycles. The average Bonchev–Trinajstić information content (AvgIpc) is 3.18. The molecule has 0 aliphatic heterocycles. The highest BCUT2D eigenvalue weighted by Crippen LogP contribution is 2.31. The van der Waals surface area contributed by atoms with E-state index in [4.69, 9.17) is 5.73 Å². The van der Waals surface area contributed by atoms with Gasteiger partial charge in [0.1, 0.15) is 0 Å². The van der Waals surface area contributed by atoms with E-state index in [1.54, 1.807) is 11.3 Å². The summed E-state index contributed by atoms with van der Waals surface area (Å²) in [6.45, 7) is 0.496. The first kappa shape index (κ1) is 18.6. The van der Waals surface area contributed by atoms with E-state index < -0.39 is 0 Å². The van der Waals surface area contributed by atoms with Gasteiger partial charge in [-0.2, -0.15) is 5.10 Å². The summed E-state index contributed by atoms with van der Waals surface area (Å²) in [6.07, 6.45) is 2.34. The van der Waals surface area contributed by atoms with Gasteiger partial charge in [-0.25, -0.2) is 4.68 Å². The number of halogens is 1. The van der Waals surface area contributed by atoms with E-state index in [2.05, 4.69) is 10.4 Å². The number of benzene rings is 1. The van der Waals surface area contributed by atoms with E-state index >= 15 is 0 Å². The fraction of sp³-hybridized carbons (Fsp3) is 0.263. The zero-order chi connectivity index (χ0) is 17.2. The Morgan fingerprint density at radius 3 is 2.69 bits per heavy atom. The zero-order valence-electron chi connectivity index (χ0n) is 14.2. The van der Waals surface area contributed by atoms with Gasteiger partial charge in [0, 0.05) is 12.6 Å². The summed E-state index contributed by atoms with van der Waals surface area (Å²) < 4.78 is 1.82. The summed E-state index contributed by atoms with van der Waals surface area (Å²) in [5.41, 5.74) is 8.33. The van der Waals surface area contributed by atoms with Gasteiger partial charge in [-0.05, 0) is 48.4 Å². The van der Waals surface area contributed by atoms with Crippen molar-refractivity contribution in [3.8, 4) is 16.3 Å². The molecular weight excluding hydrogens is 368 g/mol. The predicted octanol–water partition coefficient (Wildman–Crippen LogP) is 3.49. The van der Waals surface area contributed by atoms with Gasteiger partial charge in [0.2, 0.25) is 0 Å². The van der Waals surface area contributed by atoms with Crippen LogP contribution in [-0.2, 0) is 0 Å². The van der Waals surface area contributed by atoms with Gasteiger partial charge in [0.15, 0.2) is 5.69 Å². The molecule has 1 atom stereocenters. The first-order valence-corrected chi connectivity index (χ1v) is 9.33. The van der Waals surface area contributed by atoms with E-state index in [1.807, 2.05) is 58.6 Å². The van der Waals surface area contributed by atoms with Gasteiger partial charge < -0.3 is 11.1 Å². The highest BCUT2D eigenvalue weighted by Gasteiger charge is 2.28. The fourth-order valence-electron chi connectivity index (χ4n) is 2.85. The van der Waals surface area contributed by atoms with Crippen LogP contribution in [0.25, 0.3) is 16.3 Å². The quantitative estimate of drug-likeness (QED) is 0.678. The lowest BCUT2D eigenvalue weighted by Crippen LogP contribution is -2.38. The lowest BCUT2D eigenvalue weighted by molar-refractivity contribution is 0.0945. The van der Waals surface area contributed by atoms with Crippen LogP contribution in [0.4, 0.5) is 0 Å². The Balaban J connectivity index is 0.00000196. The Labute approximate surface area is 162 Å². The van der Waals surface area contributed by atoms with Crippen molar-refractivity contribution in [2.75, 3.05) is 6.54 Å². The molecule has 1 aliphatic carbocycles. The monoisotopic (exact) mass is 388 g/mol. The number of nitrogens with two attached hydrogens (primary N) is 1. The smallest absolute Gasteiger partial charge is 0.271 e. The van der Waals surface area contributed by atoms with Crippen molar-refractivity contribution in [3.63, 3.8) is 0 Å². The third-order valence-corrected chi connectivity index (χ3v) is 5.33. The topological polar surface area (TPSA) is 72.9 Å². The molecule has 5 nitrogen and oxygen atoms in total. The molecule has 2 aromatic heterocycles. The summed E-state index contributed by atoms with van der Waals surface area (Å²) in [5, 5.41) is 9.49. The van der Waals surface area contributed by atoms with Crippen molar-refractivity contribution in [2.45, 2.75) is 18.9 Å². The Kier molecular flexibility index (Phi) is 5.76. The number of carbonyl (C=O) groups excluding carboxylic acids is 1. The molecule has 1 aliphatic rings. The molecule has 1 amide bonds. The molecule has 1 saturated carbocycles. The van der Waals surface area contributed by atoms with Crippen molar-refractivity contribution in [1.82, 2.24) is 15.1 Å². The second-order valence-electron chi connectivity index (χ2n) is 6.35. The largest absolute Gasteiger partial charge is 0.349 e. The van der Waals surface area contributed by atoms with Crippen molar-refractivity contribution in [1.29, 1.82) is 0 Å². The minimum Gasteiger partial charge on any atom is -0.349 e. The van der Waals surface area contributed by atoms with Gasteiger partial charge >= 0.3 is 0 Å². The third kappa shape index (κ3) is 3.98. The van der Waals surface area contributed by atoms with Crippen LogP contribution in [0.2, 0.25) is 0 Å². The Hall–Kier alpha value is -2.15. The average molecular weight is 389 g/mol. The van der Waals surface area contributed by atoms with Crippen molar-refractivity contribution < 1.29 is 4.79 Å². The number of para-hydroxylation sites is 1. The van der Waals surface area contributed by atoms with Crippen LogP contribution < -0.4 is 11.1 Å². The van der Waals surface area contributed by atoms with Crippen molar-refractivity contribution >= 4 is 29.7 Å². The van der Waals surface area contributed by atoms with E-state index in [0.717, 1.165) is 16.3 Å². The van der Waals surface area contributed by atoms with Crippen LogP contribution in [0.15, 0.2) is 53.9 Å². The number of thiophene rings is 1. The summed E-state index contributed by atoms with van der Waals surface area (Å²) in [5.74, 6) is 0.382. The zero-order valence-corrected chi connectivity index (χ0v) is 15.8. The van der Waals surface area contributed by atoms with Crippen LogP contribution in [-0.4, -0.2) is 28.3 Å². The second kappa shape index (κ2) is 8.03. The van der Waals surface area contributed by atoms with Crippen LogP contribution in [0.1, 0.15) is 23.3 Å². The van der Waals surface area contributed by atoms with Crippen LogP contribution in [0, 0.1) is 5.92 Å². The molecular formula is C19H21ClN4OS. The molecule has 3 N–H and O–H groups in total. The second-order valence-corrected chi connectivity index (χ2v) is 7.30. The van der Waals surface area contributed by atoms with Gasteiger partial charge in [-0.3, -0.25) is 4.79 Å². The number of hydrogen-bond donors (Lipinski definition) is 2. The van der Waals surface area contributed by atoms with Crippen molar-refractivity contribution in [3.05, 3.63) is 59.6 Å². The minimum atomic E-state index is -0.177. The summed E-state index contributed by atoms with van der Waals surface area (Å²) in [7, 11) is 0. The maximum absolute atomic E-state index is 12.5. The first-order chi connectivity index (χ1) is 12.2. The first-order valence-electron chi connectivity index (χ1n) is 8.45. The predicted molar refractivity (Wildman–Crippen MR) is 107 cm³/mol. The van der Waals surface area contributed by atoms with Crippen LogP contribution in [0.5, 0.6) is 0 Å². The molecule has 7 heteroatoms. The minimum absolute atomic E-state index is 0. The normalized spacial score (nSPS) is 14.5. The molecule has 0 bridgehead atoms. The number of carbonyl (C=O) groups is 1. The molecule has 0 spiro atoms. The molecule has 26 heavy (non-hydrogen) atoms. The maximum Gasteiger partial charge on any atom is 0.271 e. The summed E-state index contributed by atoms with van der Waals surface area (Å²) in [4.78, 5) is 13.6. The molecule has 0 radical (unpaired) electrons. The van der Waals surface area contributed by atoms with Crippen molar-refractivity contribution in [2.24, 2.45) is 11.7 Å². The Morgan fingerprint density at radius 1 is 1.27 bits per heavy atom. The number of nitrogens with zero attached hydrogens (tertiary/aromatic N) is 2. The maximum atomic E-state index is 12.5. The molecule has 4 rings (SSSR count). The number of nitrogens with one attached hydrogen (secondary N) is 1. The Bertz CT molecular complexity index is 859. The van der Waals surface area contributed by atoms with Gasteiger partial charge in [-0.15, -0.1) is 23.7 Å². The van der Waals surface area contributed by atoms with E-state index in [1.165, 1.54) is 12.8 Å². The SMILES string of the molecule is Cl.NC(CNC(=O)c1cc(-c2cccs2)n(-c2ccccc2)n1)C1CC1.